The third-order valence-electron chi connectivity index (χ3n) is 6.91. The van der Waals surface area contributed by atoms with Crippen molar-refractivity contribution in [2.45, 2.75) is 51.4 Å². The van der Waals surface area contributed by atoms with Crippen LogP contribution in [0.4, 0.5) is 11.4 Å². The minimum Gasteiger partial charge on any atom is -0.480 e. The largest absolute Gasteiger partial charge is 0.480 e. The number of likely N-dealkylation sites (N-methyl/N-ethyl adjacent to an activating group) is 1. The fourth-order valence-corrected chi connectivity index (χ4v) is 4.32. The molecule has 278 valence electrons. The van der Waals surface area contributed by atoms with Gasteiger partial charge in [0, 0.05) is 25.6 Å². The Labute approximate surface area is 295 Å². The average molecular weight is 717 g/mol. The van der Waals surface area contributed by atoms with Crippen LogP contribution in [0, 0.1) is 0 Å². The Kier molecular flexibility index (Phi) is 19.3. The number of aliphatic carboxylic acids is 2. The third kappa shape index (κ3) is 17.5. The Bertz CT molecular complexity index is 1430. The van der Waals surface area contributed by atoms with Gasteiger partial charge in [0.15, 0.2) is 0 Å². The summed E-state index contributed by atoms with van der Waals surface area (Å²) >= 11 is 0. The maximum atomic E-state index is 12.3. The molecular weight excluding hydrogens is 672 g/mol. The number of nitrogens with zero attached hydrogens (tertiary/aromatic N) is 2. The number of hydroxylamine groups is 1. The smallest absolute Gasteiger partial charge is 0.338 e. The first kappa shape index (κ1) is 41.5. The van der Waals surface area contributed by atoms with Gasteiger partial charge in [-0.25, -0.2) is 14.7 Å². The molecule has 0 saturated heterocycles. The van der Waals surface area contributed by atoms with Crippen LogP contribution >= 0.6 is 0 Å². The van der Waals surface area contributed by atoms with Crippen LogP contribution in [0.15, 0.2) is 61.4 Å². The van der Waals surface area contributed by atoms with E-state index in [9.17, 15) is 28.8 Å². The molecule has 51 heavy (non-hydrogen) atoms. The fourth-order valence-electron chi connectivity index (χ4n) is 4.32. The number of hydrogen-bond donors (Lipinski definition) is 2. The average Bonchev–Trinajstić information content (AvgIpc) is 3.11. The highest BCUT2D eigenvalue weighted by Gasteiger charge is 2.15. The number of carboxylic acids is 2. The van der Waals surface area contributed by atoms with Gasteiger partial charge >= 0.3 is 35.8 Å². The number of carboxylic acid groups (broad SMARTS) is 2. The van der Waals surface area contributed by atoms with Gasteiger partial charge in [0.1, 0.15) is 32.6 Å². The molecule has 0 radical (unpaired) electrons. The van der Waals surface area contributed by atoms with Crippen LogP contribution in [0.25, 0.3) is 0 Å². The van der Waals surface area contributed by atoms with Gasteiger partial charge in [-0.05, 0) is 87.1 Å². The molecule has 16 heteroatoms. The predicted molar refractivity (Wildman–Crippen MR) is 181 cm³/mol. The van der Waals surface area contributed by atoms with Gasteiger partial charge in [0.25, 0.3) is 0 Å². The van der Waals surface area contributed by atoms with Gasteiger partial charge in [0.05, 0.1) is 30.0 Å². The zero-order valence-electron chi connectivity index (χ0n) is 28.5. The Morgan fingerprint density at radius 3 is 1.49 bits per heavy atom. The highest BCUT2D eigenvalue weighted by atomic mass is 17.3. The SMILES string of the molecule is C=COON(CC(=O)O)c1ccc(C(=O)OCCCCCC(=O)OCCOC(=O)CCCCCOC(=O)c2ccc(N(C)CC(=O)O)cc2)cc1. The van der Waals surface area contributed by atoms with E-state index in [4.69, 9.17) is 34.1 Å². The lowest BCUT2D eigenvalue weighted by Gasteiger charge is -2.19. The summed E-state index contributed by atoms with van der Waals surface area (Å²) in [6, 6.07) is 12.3. The summed E-state index contributed by atoms with van der Waals surface area (Å²) in [6.07, 6.45) is 4.72. The highest BCUT2D eigenvalue weighted by molar-refractivity contribution is 5.90. The Hall–Kier alpha value is -5.64. The standard InChI is InChI=1S/C35H44N2O14/c1-3-50-51-37(25-31(40)41)29-18-14-27(15-19-29)35(45)49-21-9-5-7-11-33(43)47-23-22-46-32(42)10-6-4-8-20-48-34(44)26-12-16-28(17-13-26)36(2)24-30(38)39/h3,12-19H,1,4-11,20-25H2,2H3,(H,38,39)(H,40,41). The highest BCUT2D eigenvalue weighted by Crippen LogP contribution is 2.17. The molecule has 2 aromatic rings. The van der Waals surface area contributed by atoms with Crippen molar-refractivity contribution in [1.29, 1.82) is 0 Å². The van der Waals surface area contributed by atoms with Crippen LogP contribution in [0.2, 0.25) is 0 Å². The van der Waals surface area contributed by atoms with Crippen molar-refractivity contribution < 1.29 is 67.8 Å². The number of anilines is 2. The molecule has 0 aliphatic heterocycles. The molecule has 0 aliphatic rings. The Morgan fingerprint density at radius 1 is 0.608 bits per heavy atom. The second kappa shape index (κ2) is 23.7. The van der Waals surface area contributed by atoms with E-state index in [1.807, 2.05) is 0 Å². The van der Waals surface area contributed by atoms with Gasteiger partial charge in [-0.15, -0.1) is 0 Å². The van der Waals surface area contributed by atoms with E-state index in [0.29, 0.717) is 55.5 Å². The van der Waals surface area contributed by atoms with Gasteiger partial charge in [-0.2, -0.15) is 0 Å². The van der Waals surface area contributed by atoms with E-state index in [0.717, 1.165) is 11.3 Å². The first-order valence-corrected chi connectivity index (χ1v) is 16.2. The summed E-state index contributed by atoms with van der Waals surface area (Å²) in [5.41, 5.74) is 1.60. The molecule has 0 bridgehead atoms. The second-order valence-corrected chi connectivity index (χ2v) is 10.9. The number of esters is 4. The summed E-state index contributed by atoms with van der Waals surface area (Å²) < 4.78 is 20.7. The molecule has 16 nitrogen and oxygen atoms in total. The Morgan fingerprint density at radius 2 is 1.06 bits per heavy atom. The lowest BCUT2D eigenvalue weighted by Crippen LogP contribution is -2.29. The van der Waals surface area contributed by atoms with E-state index in [2.05, 4.69) is 11.5 Å². The van der Waals surface area contributed by atoms with Crippen LogP contribution in [-0.4, -0.2) is 92.6 Å². The van der Waals surface area contributed by atoms with E-state index < -0.39 is 42.4 Å². The molecule has 0 aliphatic carbocycles. The number of carbonyl (C=O) groups excluding carboxylic acids is 4. The molecule has 0 unspecified atom stereocenters. The van der Waals surface area contributed by atoms with Crippen LogP contribution in [0.1, 0.15) is 72.1 Å². The molecular formula is C35H44N2O14. The number of unbranched alkanes of at least 4 members (excludes halogenated alkanes) is 4. The van der Waals surface area contributed by atoms with Crippen molar-refractivity contribution >= 4 is 47.2 Å². The molecule has 0 aromatic heterocycles. The Balaban J connectivity index is 1.47. The number of rotatable bonds is 26. The monoisotopic (exact) mass is 716 g/mol. The molecule has 0 amide bonds. The zero-order chi connectivity index (χ0) is 37.4. The minimum atomic E-state index is -1.16. The lowest BCUT2D eigenvalue weighted by atomic mass is 10.2. The molecule has 2 N–H and O–H groups in total. The van der Waals surface area contributed by atoms with Gasteiger partial charge in [-0.1, -0.05) is 11.6 Å². The molecule has 0 heterocycles. The lowest BCUT2D eigenvalue weighted by molar-refractivity contribution is -0.259. The number of ether oxygens (including phenoxy) is 4. The molecule has 0 saturated carbocycles. The van der Waals surface area contributed by atoms with Gasteiger partial charge < -0.3 is 38.9 Å². The summed E-state index contributed by atoms with van der Waals surface area (Å²) in [6.45, 7) is 2.85. The van der Waals surface area contributed by atoms with Crippen molar-refractivity contribution in [3.63, 3.8) is 0 Å². The maximum Gasteiger partial charge on any atom is 0.338 e. The topological polar surface area (TPSA) is 205 Å². The van der Waals surface area contributed by atoms with Gasteiger partial charge in [0.2, 0.25) is 0 Å². The van der Waals surface area contributed by atoms with Crippen LogP contribution < -0.4 is 9.96 Å². The molecule has 2 rings (SSSR count). The van der Waals surface area contributed by atoms with Crippen molar-refractivity contribution in [1.82, 2.24) is 0 Å². The predicted octanol–water partition coefficient (Wildman–Crippen LogP) is 4.33. The first-order chi connectivity index (χ1) is 24.5. The second-order valence-electron chi connectivity index (χ2n) is 10.9. The normalized spacial score (nSPS) is 10.4. The van der Waals surface area contributed by atoms with Crippen molar-refractivity contribution in [3.05, 3.63) is 72.5 Å². The summed E-state index contributed by atoms with van der Waals surface area (Å²) in [5.74, 6) is -4.03. The number of benzene rings is 2. The van der Waals surface area contributed by atoms with Crippen molar-refractivity contribution in [2.75, 3.05) is 56.5 Å². The molecule has 0 fully saturated rings. The summed E-state index contributed by atoms with van der Waals surface area (Å²) in [5, 5.41) is 18.8. The van der Waals surface area contributed by atoms with E-state index in [1.165, 1.54) is 24.3 Å². The summed E-state index contributed by atoms with van der Waals surface area (Å²) in [4.78, 5) is 81.1. The molecule has 0 atom stereocenters. The van der Waals surface area contributed by atoms with Crippen LogP contribution in [0.3, 0.4) is 0 Å². The van der Waals surface area contributed by atoms with Crippen LogP contribution in [0.5, 0.6) is 0 Å². The van der Waals surface area contributed by atoms with E-state index in [1.54, 1.807) is 36.2 Å². The van der Waals surface area contributed by atoms with E-state index in [-0.39, 0.29) is 51.4 Å². The number of hydrogen-bond acceptors (Lipinski definition) is 14. The van der Waals surface area contributed by atoms with E-state index >= 15 is 0 Å². The zero-order valence-corrected chi connectivity index (χ0v) is 28.5. The molecule has 0 spiro atoms. The fraction of sp³-hybridized carbons (Fsp3) is 0.429. The molecule has 2 aromatic carbocycles. The number of carbonyl (C=O) groups is 6. The summed E-state index contributed by atoms with van der Waals surface area (Å²) in [7, 11) is 1.64. The van der Waals surface area contributed by atoms with Crippen molar-refractivity contribution in [3.8, 4) is 0 Å². The minimum absolute atomic E-state index is 0.0583. The first-order valence-electron chi connectivity index (χ1n) is 16.2. The van der Waals surface area contributed by atoms with Crippen molar-refractivity contribution in [2.24, 2.45) is 0 Å². The third-order valence-corrected chi connectivity index (χ3v) is 6.91. The quantitative estimate of drug-likeness (QED) is 0.0347. The van der Waals surface area contributed by atoms with Gasteiger partial charge in [-0.3, -0.25) is 19.2 Å². The maximum absolute atomic E-state index is 12.3. The van der Waals surface area contributed by atoms with Crippen LogP contribution in [-0.2, 0) is 48.0 Å².